The molecule has 2 atom stereocenters. The highest BCUT2D eigenvalue weighted by Crippen LogP contribution is 2.40. The number of nitrogens with zero attached hydrogens (tertiary/aromatic N) is 2. The maximum atomic E-state index is 6.12. The number of methoxy groups -OCH3 is 1. The second-order valence-corrected chi connectivity index (χ2v) is 5.75. The molecule has 0 spiro atoms. The van der Waals surface area contributed by atoms with Gasteiger partial charge in [-0.3, -0.25) is 0 Å². The molecule has 0 aliphatic carbocycles. The Labute approximate surface area is 128 Å². The van der Waals surface area contributed by atoms with Gasteiger partial charge >= 0.3 is 0 Å². The zero-order chi connectivity index (χ0) is 15.4. The Balaban J connectivity index is 2.35. The first-order chi connectivity index (χ1) is 10.0. The fraction of sp³-hybridized carbons (Fsp3) is 0.286. The standard InChI is InChI=1S/C14H19N5OS/c1-8(15)13(9-5-3-4-6-10(9)20-2)21-14-18-11(16)7-12(17)19-14/h3-8,13H,15H2,1-2H3,(H4,16,17,18,19). The predicted octanol–water partition coefficient (Wildman–Crippen LogP) is 1.83. The van der Waals surface area contributed by atoms with Crippen molar-refractivity contribution in [3.05, 3.63) is 35.9 Å². The van der Waals surface area contributed by atoms with E-state index in [4.69, 9.17) is 21.9 Å². The molecule has 0 fully saturated rings. The van der Waals surface area contributed by atoms with Crippen molar-refractivity contribution in [1.29, 1.82) is 0 Å². The van der Waals surface area contributed by atoms with Gasteiger partial charge in [-0.1, -0.05) is 30.0 Å². The highest BCUT2D eigenvalue weighted by molar-refractivity contribution is 7.99. The van der Waals surface area contributed by atoms with Crippen molar-refractivity contribution >= 4 is 23.4 Å². The van der Waals surface area contributed by atoms with Gasteiger partial charge < -0.3 is 21.9 Å². The summed E-state index contributed by atoms with van der Waals surface area (Å²) in [6, 6.07) is 9.14. The Morgan fingerprint density at radius 2 is 1.76 bits per heavy atom. The molecule has 1 aromatic heterocycles. The van der Waals surface area contributed by atoms with Gasteiger partial charge in [0.1, 0.15) is 17.4 Å². The van der Waals surface area contributed by atoms with Gasteiger partial charge in [0.05, 0.1) is 12.4 Å². The van der Waals surface area contributed by atoms with Crippen LogP contribution in [0.3, 0.4) is 0 Å². The van der Waals surface area contributed by atoms with Crippen molar-refractivity contribution in [3.8, 4) is 5.75 Å². The Morgan fingerprint density at radius 1 is 1.14 bits per heavy atom. The summed E-state index contributed by atoms with van der Waals surface area (Å²) in [5.74, 6) is 1.46. The summed E-state index contributed by atoms with van der Waals surface area (Å²) >= 11 is 1.42. The normalized spacial score (nSPS) is 13.7. The van der Waals surface area contributed by atoms with E-state index in [9.17, 15) is 0 Å². The lowest BCUT2D eigenvalue weighted by molar-refractivity contribution is 0.408. The number of hydrogen-bond acceptors (Lipinski definition) is 7. The summed E-state index contributed by atoms with van der Waals surface area (Å²) in [5, 5.41) is 0.433. The van der Waals surface area contributed by atoms with E-state index >= 15 is 0 Å². The maximum absolute atomic E-state index is 6.12. The number of nitrogen functional groups attached to an aromatic ring is 2. The van der Waals surface area contributed by atoms with Crippen molar-refractivity contribution in [2.24, 2.45) is 5.73 Å². The minimum absolute atomic E-state index is 0.0673. The van der Waals surface area contributed by atoms with Crippen LogP contribution in [0.25, 0.3) is 0 Å². The maximum Gasteiger partial charge on any atom is 0.192 e. The number of para-hydroxylation sites is 1. The summed E-state index contributed by atoms with van der Waals surface area (Å²) in [5.41, 5.74) is 18.5. The molecule has 0 saturated carbocycles. The first-order valence-corrected chi connectivity index (χ1v) is 7.34. The van der Waals surface area contributed by atoms with Crippen LogP contribution in [0.5, 0.6) is 5.75 Å². The second-order valence-electron chi connectivity index (χ2n) is 4.64. The van der Waals surface area contributed by atoms with Gasteiger partial charge in [-0.05, 0) is 13.0 Å². The highest BCUT2D eigenvalue weighted by atomic mass is 32.2. The van der Waals surface area contributed by atoms with Crippen LogP contribution >= 0.6 is 11.8 Å². The molecule has 2 rings (SSSR count). The fourth-order valence-corrected chi connectivity index (χ4v) is 3.06. The summed E-state index contributed by atoms with van der Waals surface area (Å²) in [6.07, 6.45) is 0. The smallest absolute Gasteiger partial charge is 0.192 e. The number of hydrogen-bond donors (Lipinski definition) is 3. The van der Waals surface area contributed by atoms with Crippen molar-refractivity contribution in [2.75, 3.05) is 18.6 Å². The van der Waals surface area contributed by atoms with Gasteiger partial charge in [-0.15, -0.1) is 0 Å². The molecule has 2 aromatic rings. The third-order valence-electron chi connectivity index (χ3n) is 2.90. The lowest BCUT2D eigenvalue weighted by atomic mass is 10.1. The molecular formula is C14H19N5OS. The van der Waals surface area contributed by atoms with Crippen LogP contribution in [0, 0.1) is 0 Å². The molecule has 0 aliphatic heterocycles. The van der Waals surface area contributed by atoms with E-state index in [1.807, 2.05) is 31.2 Å². The van der Waals surface area contributed by atoms with Gasteiger partial charge in [0.2, 0.25) is 0 Å². The summed E-state index contributed by atoms with van der Waals surface area (Å²) in [7, 11) is 1.64. The molecule has 21 heavy (non-hydrogen) atoms. The van der Waals surface area contributed by atoms with Crippen LogP contribution in [-0.2, 0) is 0 Å². The van der Waals surface area contributed by atoms with Gasteiger partial charge in [0.15, 0.2) is 5.16 Å². The molecule has 1 aromatic carbocycles. The quantitative estimate of drug-likeness (QED) is 0.570. The van der Waals surface area contributed by atoms with E-state index in [1.54, 1.807) is 7.11 Å². The third-order valence-corrected chi connectivity index (χ3v) is 4.23. The average Bonchev–Trinajstić information content (AvgIpc) is 2.43. The molecule has 0 radical (unpaired) electrons. The van der Waals surface area contributed by atoms with Crippen molar-refractivity contribution < 1.29 is 4.74 Å². The zero-order valence-electron chi connectivity index (χ0n) is 12.0. The van der Waals surface area contributed by atoms with Crippen LogP contribution in [0.1, 0.15) is 17.7 Å². The van der Waals surface area contributed by atoms with E-state index in [0.29, 0.717) is 16.8 Å². The minimum atomic E-state index is -0.127. The number of ether oxygens (including phenoxy) is 1. The summed E-state index contributed by atoms with van der Waals surface area (Å²) in [6.45, 7) is 1.93. The zero-order valence-corrected chi connectivity index (χ0v) is 12.8. The first kappa shape index (κ1) is 15.4. The predicted molar refractivity (Wildman–Crippen MR) is 86.1 cm³/mol. The molecule has 7 heteroatoms. The minimum Gasteiger partial charge on any atom is -0.496 e. The molecule has 0 saturated heterocycles. The molecule has 6 N–H and O–H groups in total. The van der Waals surface area contributed by atoms with Crippen LogP contribution < -0.4 is 21.9 Å². The van der Waals surface area contributed by atoms with Crippen molar-refractivity contribution in [2.45, 2.75) is 23.4 Å². The van der Waals surface area contributed by atoms with E-state index in [-0.39, 0.29) is 11.3 Å². The number of rotatable bonds is 5. The van der Waals surface area contributed by atoms with Crippen LogP contribution in [-0.4, -0.2) is 23.1 Å². The average molecular weight is 305 g/mol. The van der Waals surface area contributed by atoms with E-state index in [2.05, 4.69) is 9.97 Å². The number of thioether (sulfide) groups is 1. The van der Waals surface area contributed by atoms with Crippen LogP contribution in [0.4, 0.5) is 11.6 Å². The molecule has 0 amide bonds. The number of anilines is 2. The van der Waals surface area contributed by atoms with Crippen LogP contribution in [0.15, 0.2) is 35.5 Å². The number of aromatic nitrogens is 2. The summed E-state index contributed by atoms with van der Waals surface area (Å²) in [4.78, 5) is 8.38. The third kappa shape index (κ3) is 3.77. The SMILES string of the molecule is COc1ccccc1C(Sc1nc(N)cc(N)n1)C(C)N. The Hall–Kier alpha value is -1.99. The lowest BCUT2D eigenvalue weighted by Gasteiger charge is -2.22. The van der Waals surface area contributed by atoms with E-state index in [0.717, 1.165) is 11.3 Å². The Kier molecular flexibility index (Phi) is 4.87. The molecule has 2 unspecified atom stereocenters. The van der Waals surface area contributed by atoms with Crippen LogP contribution in [0.2, 0.25) is 0 Å². The number of nitrogens with two attached hydrogens (primary N) is 3. The van der Waals surface area contributed by atoms with Gasteiger partial charge in [-0.25, -0.2) is 9.97 Å². The molecule has 0 aliphatic rings. The van der Waals surface area contributed by atoms with Gasteiger partial charge in [-0.2, -0.15) is 0 Å². The monoisotopic (exact) mass is 305 g/mol. The van der Waals surface area contributed by atoms with E-state index in [1.165, 1.54) is 17.8 Å². The lowest BCUT2D eigenvalue weighted by Crippen LogP contribution is -2.23. The van der Waals surface area contributed by atoms with Crippen molar-refractivity contribution in [3.63, 3.8) is 0 Å². The molecular weight excluding hydrogens is 286 g/mol. The van der Waals surface area contributed by atoms with E-state index < -0.39 is 0 Å². The largest absolute Gasteiger partial charge is 0.496 e. The molecule has 6 nitrogen and oxygen atoms in total. The molecule has 0 bridgehead atoms. The Morgan fingerprint density at radius 3 is 2.33 bits per heavy atom. The van der Waals surface area contributed by atoms with Gasteiger partial charge in [0, 0.05) is 17.7 Å². The van der Waals surface area contributed by atoms with Crippen molar-refractivity contribution in [1.82, 2.24) is 9.97 Å². The first-order valence-electron chi connectivity index (χ1n) is 6.46. The topological polar surface area (TPSA) is 113 Å². The summed E-state index contributed by atoms with van der Waals surface area (Å²) < 4.78 is 5.40. The Bertz CT molecular complexity index is 600. The highest BCUT2D eigenvalue weighted by Gasteiger charge is 2.22. The molecule has 112 valence electrons. The molecule has 1 heterocycles. The van der Waals surface area contributed by atoms with Gasteiger partial charge in [0.25, 0.3) is 0 Å². The second kappa shape index (κ2) is 6.64. The number of benzene rings is 1. The fourth-order valence-electron chi connectivity index (χ4n) is 1.98.